The standard InChI is InChI=1S/C15H26N2O5S/c1-12(18)17-8-4-3-5-13(17)6-10-23(21,22)16-9-7-15(2,11-16)14(19)20/h13H,3-11H2,1-2H3,(H,19,20). The number of carbonyl (C=O) groups is 2. The number of nitrogens with zero attached hydrogens (tertiary/aromatic N) is 2. The summed E-state index contributed by atoms with van der Waals surface area (Å²) >= 11 is 0. The van der Waals surface area contributed by atoms with Gasteiger partial charge in [-0.2, -0.15) is 0 Å². The largest absolute Gasteiger partial charge is 0.481 e. The number of amides is 1. The molecule has 0 radical (unpaired) electrons. The summed E-state index contributed by atoms with van der Waals surface area (Å²) < 4.78 is 26.3. The minimum absolute atomic E-state index is 0.00766. The van der Waals surface area contributed by atoms with Crippen molar-refractivity contribution in [1.29, 1.82) is 0 Å². The van der Waals surface area contributed by atoms with E-state index in [1.54, 1.807) is 11.8 Å². The Bertz CT molecular complexity index is 576. The van der Waals surface area contributed by atoms with Crippen LogP contribution in [-0.2, 0) is 19.6 Å². The van der Waals surface area contributed by atoms with Crippen molar-refractivity contribution in [2.24, 2.45) is 5.41 Å². The lowest BCUT2D eigenvalue weighted by atomic mass is 9.90. The summed E-state index contributed by atoms with van der Waals surface area (Å²) in [4.78, 5) is 24.7. The second-order valence-corrected chi connectivity index (χ2v) is 9.00. The van der Waals surface area contributed by atoms with Crippen LogP contribution in [0.3, 0.4) is 0 Å². The first kappa shape index (κ1) is 18.2. The summed E-state index contributed by atoms with van der Waals surface area (Å²) in [7, 11) is -3.48. The van der Waals surface area contributed by atoms with E-state index in [0.717, 1.165) is 19.3 Å². The number of rotatable bonds is 5. The van der Waals surface area contributed by atoms with Gasteiger partial charge in [-0.05, 0) is 39.0 Å². The zero-order chi connectivity index (χ0) is 17.3. The molecular weight excluding hydrogens is 320 g/mol. The van der Waals surface area contributed by atoms with Gasteiger partial charge in [0, 0.05) is 32.6 Å². The maximum absolute atomic E-state index is 12.5. The quantitative estimate of drug-likeness (QED) is 0.798. The van der Waals surface area contributed by atoms with Gasteiger partial charge in [0.05, 0.1) is 11.2 Å². The second-order valence-electron chi connectivity index (χ2n) is 6.92. The maximum Gasteiger partial charge on any atom is 0.310 e. The van der Waals surface area contributed by atoms with E-state index in [0.29, 0.717) is 19.4 Å². The third-order valence-corrected chi connectivity index (χ3v) is 6.94. The first-order chi connectivity index (χ1) is 10.7. The molecule has 0 bridgehead atoms. The number of carboxylic acids is 1. The Hall–Kier alpha value is -1.15. The summed E-state index contributed by atoms with van der Waals surface area (Å²) in [5.41, 5.74) is -0.997. The van der Waals surface area contributed by atoms with Crippen LogP contribution in [0.1, 0.15) is 46.0 Å². The van der Waals surface area contributed by atoms with E-state index < -0.39 is 21.4 Å². The first-order valence-electron chi connectivity index (χ1n) is 8.14. The van der Waals surface area contributed by atoms with Crippen LogP contribution in [0, 0.1) is 5.41 Å². The monoisotopic (exact) mass is 346 g/mol. The molecule has 2 aliphatic rings. The van der Waals surface area contributed by atoms with Crippen molar-refractivity contribution in [3.8, 4) is 0 Å². The van der Waals surface area contributed by atoms with Crippen LogP contribution in [-0.4, -0.2) is 66.0 Å². The summed E-state index contributed by atoms with van der Waals surface area (Å²) in [6.45, 7) is 4.09. The van der Waals surface area contributed by atoms with Gasteiger partial charge in [0.2, 0.25) is 15.9 Å². The second kappa shape index (κ2) is 6.76. The summed E-state index contributed by atoms with van der Waals surface area (Å²) in [5.74, 6) is -0.992. The fourth-order valence-corrected chi connectivity index (χ4v) is 5.14. The molecule has 2 rings (SSSR count). The number of carboxylic acid groups (broad SMARTS) is 1. The molecule has 2 unspecified atom stereocenters. The highest BCUT2D eigenvalue weighted by atomic mass is 32.2. The molecule has 0 saturated carbocycles. The fourth-order valence-electron chi connectivity index (χ4n) is 3.46. The Morgan fingerprint density at radius 2 is 1.96 bits per heavy atom. The van der Waals surface area contributed by atoms with Gasteiger partial charge in [-0.3, -0.25) is 9.59 Å². The average molecular weight is 346 g/mol. The Morgan fingerprint density at radius 3 is 2.52 bits per heavy atom. The number of piperidine rings is 1. The smallest absolute Gasteiger partial charge is 0.310 e. The van der Waals surface area contributed by atoms with Crippen LogP contribution in [0.2, 0.25) is 0 Å². The van der Waals surface area contributed by atoms with Gasteiger partial charge in [-0.15, -0.1) is 0 Å². The third-order valence-electron chi connectivity index (χ3n) is 5.09. The topological polar surface area (TPSA) is 95.0 Å². The Labute approximate surface area is 137 Å². The molecule has 0 aromatic heterocycles. The molecule has 2 atom stereocenters. The Morgan fingerprint density at radius 1 is 1.26 bits per heavy atom. The first-order valence-corrected chi connectivity index (χ1v) is 9.75. The van der Waals surface area contributed by atoms with Gasteiger partial charge < -0.3 is 10.0 Å². The number of carbonyl (C=O) groups excluding carboxylic acids is 1. The van der Waals surface area contributed by atoms with Crippen molar-refractivity contribution in [2.75, 3.05) is 25.4 Å². The van der Waals surface area contributed by atoms with E-state index in [2.05, 4.69) is 0 Å². The van der Waals surface area contributed by atoms with Crippen LogP contribution >= 0.6 is 0 Å². The van der Waals surface area contributed by atoms with E-state index in [1.165, 1.54) is 11.2 Å². The van der Waals surface area contributed by atoms with Crippen LogP contribution in [0.25, 0.3) is 0 Å². The Balaban J connectivity index is 1.96. The van der Waals surface area contributed by atoms with Gasteiger partial charge in [-0.1, -0.05) is 0 Å². The van der Waals surface area contributed by atoms with E-state index in [-0.39, 0.29) is 30.8 Å². The number of aliphatic carboxylic acids is 1. The highest BCUT2D eigenvalue weighted by Crippen LogP contribution is 2.32. The maximum atomic E-state index is 12.5. The molecule has 2 saturated heterocycles. The van der Waals surface area contributed by atoms with Crippen LogP contribution in [0.15, 0.2) is 0 Å². The van der Waals surface area contributed by atoms with E-state index in [4.69, 9.17) is 0 Å². The predicted molar refractivity (Wildman–Crippen MR) is 85.4 cm³/mol. The van der Waals surface area contributed by atoms with Crippen molar-refractivity contribution in [1.82, 2.24) is 9.21 Å². The normalized spacial score (nSPS) is 29.7. The molecule has 2 heterocycles. The van der Waals surface area contributed by atoms with E-state index in [1.807, 2.05) is 0 Å². The fraction of sp³-hybridized carbons (Fsp3) is 0.867. The molecule has 1 amide bonds. The summed E-state index contributed by atoms with van der Waals surface area (Å²) in [6.07, 6.45) is 3.57. The molecule has 8 heteroatoms. The van der Waals surface area contributed by atoms with E-state index in [9.17, 15) is 23.1 Å². The van der Waals surface area contributed by atoms with Crippen molar-refractivity contribution in [3.63, 3.8) is 0 Å². The SMILES string of the molecule is CC(=O)N1CCCCC1CCS(=O)(=O)N1CCC(C)(C(=O)O)C1. The molecular formula is C15H26N2O5S. The van der Waals surface area contributed by atoms with Crippen LogP contribution in [0.4, 0.5) is 0 Å². The number of hydrogen-bond acceptors (Lipinski definition) is 4. The van der Waals surface area contributed by atoms with Crippen LogP contribution in [0.5, 0.6) is 0 Å². The summed E-state index contributed by atoms with van der Waals surface area (Å²) in [5, 5.41) is 9.22. The van der Waals surface area contributed by atoms with Gasteiger partial charge >= 0.3 is 5.97 Å². The van der Waals surface area contributed by atoms with Gasteiger partial charge in [0.1, 0.15) is 0 Å². The van der Waals surface area contributed by atoms with Crippen LogP contribution < -0.4 is 0 Å². The molecule has 0 spiro atoms. The average Bonchev–Trinajstić information content (AvgIpc) is 2.90. The Kier molecular flexibility index (Phi) is 5.35. The molecule has 2 fully saturated rings. The van der Waals surface area contributed by atoms with Crippen molar-refractivity contribution < 1.29 is 23.1 Å². The number of hydrogen-bond donors (Lipinski definition) is 1. The molecule has 2 aliphatic heterocycles. The zero-order valence-corrected chi connectivity index (χ0v) is 14.6. The highest BCUT2D eigenvalue weighted by Gasteiger charge is 2.44. The van der Waals surface area contributed by atoms with Gasteiger partial charge in [-0.25, -0.2) is 12.7 Å². The minimum Gasteiger partial charge on any atom is -0.481 e. The van der Waals surface area contributed by atoms with Gasteiger partial charge in [0.15, 0.2) is 0 Å². The van der Waals surface area contributed by atoms with Crippen molar-refractivity contribution in [2.45, 2.75) is 52.0 Å². The lowest BCUT2D eigenvalue weighted by Crippen LogP contribution is -2.44. The molecule has 7 nitrogen and oxygen atoms in total. The molecule has 0 aliphatic carbocycles. The minimum atomic E-state index is -3.48. The van der Waals surface area contributed by atoms with Crippen molar-refractivity contribution in [3.05, 3.63) is 0 Å². The van der Waals surface area contributed by atoms with Gasteiger partial charge in [0.25, 0.3) is 0 Å². The molecule has 132 valence electrons. The highest BCUT2D eigenvalue weighted by molar-refractivity contribution is 7.89. The molecule has 23 heavy (non-hydrogen) atoms. The number of sulfonamides is 1. The number of likely N-dealkylation sites (tertiary alicyclic amines) is 1. The van der Waals surface area contributed by atoms with E-state index >= 15 is 0 Å². The molecule has 0 aromatic carbocycles. The van der Waals surface area contributed by atoms with Crippen molar-refractivity contribution >= 4 is 21.9 Å². The summed E-state index contributed by atoms with van der Waals surface area (Å²) in [6, 6.07) is -0.0236. The zero-order valence-electron chi connectivity index (χ0n) is 13.8. The molecule has 1 N–H and O–H groups in total. The molecule has 0 aromatic rings. The lowest BCUT2D eigenvalue weighted by molar-refractivity contribution is -0.146. The predicted octanol–water partition coefficient (Wildman–Crippen LogP) is 0.904. The third kappa shape index (κ3) is 4.03. The lowest BCUT2D eigenvalue weighted by Gasteiger charge is -2.35.